The van der Waals surface area contributed by atoms with Crippen molar-refractivity contribution >= 4 is 23.7 Å². The van der Waals surface area contributed by atoms with E-state index in [1.807, 2.05) is 24.3 Å². The van der Waals surface area contributed by atoms with Crippen LogP contribution >= 0.6 is 11.8 Å². The molecule has 122 valence electrons. The highest BCUT2D eigenvalue weighted by molar-refractivity contribution is 8.01. The molecule has 0 saturated carbocycles. The Morgan fingerprint density at radius 1 is 1.05 bits per heavy atom. The Labute approximate surface area is 136 Å². The molecule has 0 heterocycles. The molecule has 0 aliphatic carbocycles. The third kappa shape index (κ3) is 5.72. The van der Waals surface area contributed by atoms with Crippen LogP contribution in [0.5, 0.6) is 0 Å². The molecule has 4 nitrogen and oxygen atoms in total. The fourth-order valence-electron chi connectivity index (χ4n) is 1.98. The van der Waals surface area contributed by atoms with Crippen molar-refractivity contribution in [3.05, 3.63) is 29.8 Å². The lowest BCUT2D eigenvalue weighted by Crippen LogP contribution is -2.31. The zero-order valence-electron chi connectivity index (χ0n) is 13.6. The summed E-state index contributed by atoms with van der Waals surface area (Å²) in [5.74, 6) is -0.610. The molecule has 0 spiro atoms. The van der Waals surface area contributed by atoms with E-state index < -0.39 is 17.2 Å². The molecule has 0 radical (unpaired) electrons. The number of hydrogen-bond acceptors (Lipinski definition) is 5. The molecule has 1 aromatic rings. The van der Waals surface area contributed by atoms with Crippen LogP contribution in [0.25, 0.3) is 0 Å². The summed E-state index contributed by atoms with van der Waals surface area (Å²) in [6, 6.07) is 7.81. The molecular formula is C17H24O4S. The first-order valence-corrected chi connectivity index (χ1v) is 8.45. The van der Waals surface area contributed by atoms with Gasteiger partial charge in [0.1, 0.15) is 0 Å². The largest absolute Gasteiger partial charge is 0.465 e. The number of ether oxygens (including phenoxy) is 2. The quantitative estimate of drug-likeness (QED) is 0.416. The van der Waals surface area contributed by atoms with E-state index in [1.165, 1.54) is 11.8 Å². The fourth-order valence-corrected chi connectivity index (χ4v) is 3.02. The van der Waals surface area contributed by atoms with Crippen LogP contribution in [0.3, 0.4) is 0 Å². The van der Waals surface area contributed by atoms with Gasteiger partial charge in [-0.1, -0.05) is 43.8 Å². The summed E-state index contributed by atoms with van der Waals surface area (Å²) < 4.78 is 10.0. The van der Waals surface area contributed by atoms with E-state index in [0.29, 0.717) is 5.92 Å². The number of thioether (sulfide) groups is 1. The highest BCUT2D eigenvalue weighted by atomic mass is 32.2. The monoisotopic (exact) mass is 324 g/mol. The first-order valence-electron chi connectivity index (χ1n) is 7.57. The van der Waals surface area contributed by atoms with Crippen LogP contribution in [0.4, 0.5) is 0 Å². The minimum atomic E-state index is -0.979. The first kappa shape index (κ1) is 18.6. The predicted octanol–water partition coefficient (Wildman–Crippen LogP) is 3.47. The van der Waals surface area contributed by atoms with E-state index in [2.05, 4.69) is 13.8 Å². The summed E-state index contributed by atoms with van der Waals surface area (Å²) >= 11 is 1.20. The van der Waals surface area contributed by atoms with Crippen molar-refractivity contribution in [1.82, 2.24) is 0 Å². The Hall–Kier alpha value is -1.49. The molecule has 0 unspecified atom stereocenters. The molecule has 0 amide bonds. The van der Waals surface area contributed by atoms with Crippen LogP contribution in [0, 0.1) is 5.92 Å². The lowest BCUT2D eigenvalue weighted by atomic mass is 10.0. The van der Waals surface area contributed by atoms with Gasteiger partial charge >= 0.3 is 11.9 Å². The molecule has 0 aliphatic rings. The van der Waals surface area contributed by atoms with Crippen molar-refractivity contribution in [2.24, 2.45) is 5.92 Å². The van der Waals surface area contributed by atoms with Gasteiger partial charge in [0.15, 0.2) is 0 Å². The topological polar surface area (TPSA) is 52.6 Å². The molecule has 22 heavy (non-hydrogen) atoms. The van der Waals surface area contributed by atoms with Gasteiger partial charge in [-0.3, -0.25) is 9.59 Å². The van der Waals surface area contributed by atoms with E-state index in [1.54, 1.807) is 13.8 Å². The number of esters is 2. The maximum atomic E-state index is 12.1. The van der Waals surface area contributed by atoms with Gasteiger partial charge in [0.25, 0.3) is 0 Å². The normalized spacial score (nSPS) is 10.8. The summed E-state index contributed by atoms with van der Waals surface area (Å²) in [6.07, 6.45) is 0.890. The second-order valence-corrected chi connectivity index (χ2v) is 6.35. The van der Waals surface area contributed by atoms with Crippen molar-refractivity contribution < 1.29 is 19.1 Å². The maximum Gasteiger partial charge on any atom is 0.331 e. The predicted molar refractivity (Wildman–Crippen MR) is 87.9 cm³/mol. The van der Waals surface area contributed by atoms with Gasteiger partial charge in [0.2, 0.25) is 5.25 Å². The molecule has 0 bridgehead atoms. The molecule has 0 fully saturated rings. The van der Waals surface area contributed by atoms with E-state index in [-0.39, 0.29) is 13.2 Å². The minimum Gasteiger partial charge on any atom is -0.465 e. The zero-order chi connectivity index (χ0) is 16.5. The van der Waals surface area contributed by atoms with Gasteiger partial charge in [-0.15, -0.1) is 0 Å². The summed E-state index contributed by atoms with van der Waals surface area (Å²) in [6.45, 7) is 8.19. The minimum absolute atomic E-state index is 0.239. The second kappa shape index (κ2) is 9.51. The van der Waals surface area contributed by atoms with E-state index >= 15 is 0 Å². The van der Waals surface area contributed by atoms with Crippen LogP contribution < -0.4 is 0 Å². The highest BCUT2D eigenvalue weighted by Gasteiger charge is 2.31. The van der Waals surface area contributed by atoms with Crippen molar-refractivity contribution in [2.75, 3.05) is 13.2 Å². The number of benzene rings is 1. The standard InChI is InChI=1S/C17H24O4S/c1-5-20-16(18)15(17(19)21-6-2)22-14-10-8-7-9-13(14)11-12(3)4/h7-10,12,15H,5-6,11H2,1-4H3. The Kier molecular flexibility index (Phi) is 8.02. The van der Waals surface area contributed by atoms with Crippen molar-refractivity contribution in [1.29, 1.82) is 0 Å². The fraction of sp³-hybridized carbons (Fsp3) is 0.529. The lowest BCUT2D eigenvalue weighted by molar-refractivity contribution is -0.152. The van der Waals surface area contributed by atoms with Gasteiger partial charge in [0.05, 0.1) is 13.2 Å². The molecule has 0 aliphatic heterocycles. The zero-order valence-corrected chi connectivity index (χ0v) is 14.4. The Morgan fingerprint density at radius 3 is 2.09 bits per heavy atom. The molecule has 1 rings (SSSR count). The summed E-state index contributed by atoms with van der Waals surface area (Å²) in [4.78, 5) is 25.0. The number of hydrogen-bond donors (Lipinski definition) is 0. The summed E-state index contributed by atoms with van der Waals surface area (Å²) in [7, 11) is 0. The van der Waals surface area contributed by atoms with Crippen LogP contribution in [0.15, 0.2) is 29.2 Å². The van der Waals surface area contributed by atoms with Crippen LogP contribution in [-0.4, -0.2) is 30.4 Å². The van der Waals surface area contributed by atoms with Crippen LogP contribution in [0.1, 0.15) is 33.3 Å². The van der Waals surface area contributed by atoms with Crippen molar-refractivity contribution in [2.45, 2.75) is 44.3 Å². The van der Waals surface area contributed by atoms with Gasteiger partial charge in [0, 0.05) is 4.90 Å². The molecule has 0 atom stereocenters. The summed E-state index contributed by atoms with van der Waals surface area (Å²) in [5, 5.41) is -0.979. The van der Waals surface area contributed by atoms with Crippen molar-refractivity contribution in [3.8, 4) is 0 Å². The Morgan fingerprint density at radius 2 is 1.59 bits per heavy atom. The number of carbonyl (C=O) groups excluding carboxylic acids is 2. The summed E-state index contributed by atoms with van der Waals surface area (Å²) in [5.41, 5.74) is 1.13. The first-order chi connectivity index (χ1) is 10.5. The number of carbonyl (C=O) groups is 2. The third-order valence-corrected chi connectivity index (χ3v) is 4.12. The second-order valence-electron chi connectivity index (χ2n) is 5.21. The van der Waals surface area contributed by atoms with Gasteiger partial charge < -0.3 is 9.47 Å². The van der Waals surface area contributed by atoms with Crippen molar-refractivity contribution in [3.63, 3.8) is 0 Å². The Balaban J connectivity index is 2.98. The lowest BCUT2D eigenvalue weighted by Gasteiger charge is -2.16. The smallest absolute Gasteiger partial charge is 0.331 e. The molecule has 5 heteroatoms. The van der Waals surface area contributed by atoms with E-state index in [0.717, 1.165) is 16.9 Å². The van der Waals surface area contributed by atoms with E-state index in [9.17, 15) is 9.59 Å². The van der Waals surface area contributed by atoms with Gasteiger partial charge in [-0.2, -0.15) is 0 Å². The Bertz CT molecular complexity index is 481. The molecule has 0 N–H and O–H groups in total. The highest BCUT2D eigenvalue weighted by Crippen LogP contribution is 2.30. The molecule has 0 aromatic heterocycles. The molecule has 1 aromatic carbocycles. The number of rotatable bonds is 8. The maximum absolute atomic E-state index is 12.1. The average molecular weight is 324 g/mol. The van der Waals surface area contributed by atoms with Gasteiger partial charge in [-0.05, 0) is 37.8 Å². The van der Waals surface area contributed by atoms with Crippen LogP contribution in [-0.2, 0) is 25.5 Å². The van der Waals surface area contributed by atoms with Gasteiger partial charge in [-0.25, -0.2) is 0 Å². The SMILES string of the molecule is CCOC(=O)C(Sc1ccccc1CC(C)C)C(=O)OCC. The molecular weight excluding hydrogens is 300 g/mol. The molecule has 0 saturated heterocycles. The van der Waals surface area contributed by atoms with E-state index in [4.69, 9.17) is 9.47 Å². The average Bonchev–Trinajstić information content (AvgIpc) is 2.46. The van der Waals surface area contributed by atoms with Crippen LogP contribution in [0.2, 0.25) is 0 Å². The third-order valence-electron chi connectivity index (χ3n) is 2.85.